The number of ether oxygens (including phenoxy) is 1. The van der Waals surface area contributed by atoms with E-state index in [0.29, 0.717) is 0 Å². The van der Waals surface area contributed by atoms with E-state index in [2.05, 4.69) is 0 Å². The van der Waals surface area contributed by atoms with Gasteiger partial charge in [0.2, 0.25) is 5.91 Å². The Morgan fingerprint density at radius 1 is 1.37 bits per heavy atom. The summed E-state index contributed by atoms with van der Waals surface area (Å²) in [6, 6.07) is 1.78. The molecular weight excluding hydrogens is 405 g/mol. The second kappa shape index (κ2) is 9.00. The molecule has 0 radical (unpaired) electrons. The van der Waals surface area contributed by atoms with E-state index in [1.807, 2.05) is 5.38 Å². The number of alkyl halides is 3. The zero-order valence-electron chi connectivity index (χ0n) is 14.0. The van der Waals surface area contributed by atoms with Gasteiger partial charge in [0.05, 0.1) is 17.2 Å². The van der Waals surface area contributed by atoms with Crippen molar-refractivity contribution < 1.29 is 27.5 Å². The summed E-state index contributed by atoms with van der Waals surface area (Å²) in [6.45, 7) is -0.428. The van der Waals surface area contributed by atoms with Crippen LogP contribution in [0, 0.1) is 0 Å². The van der Waals surface area contributed by atoms with Gasteiger partial charge in [-0.2, -0.15) is 24.5 Å². The summed E-state index contributed by atoms with van der Waals surface area (Å²) < 4.78 is 42.8. The third-order valence-corrected chi connectivity index (χ3v) is 4.85. The number of esters is 1. The summed E-state index contributed by atoms with van der Waals surface area (Å²) >= 11 is 2.37. The van der Waals surface area contributed by atoms with E-state index in [1.165, 1.54) is 11.3 Å². The van der Waals surface area contributed by atoms with Gasteiger partial charge in [-0.3, -0.25) is 14.2 Å². The van der Waals surface area contributed by atoms with Crippen LogP contribution < -0.4 is 20.1 Å². The Hall–Kier alpha value is -2.40. The fourth-order valence-corrected chi connectivity index (χ4v) is 3.63. The molecule has 6 nitrogen and oxygen atoms in total. The second-order valence-corrected chi connectivity index (χ2v) is 7.03. The summed E-state index contributed by atoms with van der Waals surface area (Å²) in [4.78, 5) is 36.1. The van der Waals surface area contributed by atoms with Gasteiger partial charge in [-0.25, -0.2) is 4.79 Å². The monoisotopic (exact) mass is 420 g/mol. The molecule has 0 atom stereocenters. The number of halogens is 3. The molecule has 0 aliphatic heterocycles. The SMILES string of the molecule is CCOC(=O)/C=c1\s/c(=C/c2ccsc2)c(=O)n1CC(=O)NCC(F)(F)F. The fourth-order valence-electron chi connectivity index (χ4n) is 1.98. The van der Waals surface area contributed by atoms with Crippen LogP contribution in [0.5, 0.6) is 0 Å². The van der Waals surface area contributed by atoms with Crippen molar-refractivity contribution in [3.05, 3.63) is 41.9 Å². The Labute approximate surface area is 159 Å². The lowest BCUT2D eigenvalue weighted by atomic mass is 10.3. The number of nitrogens with zero attached hydrogens (tertiary/aromatic N) is 1. The minimum absolute atomic E-state index is 0.113. The van der Waals surface area contributed by atoms with Crippen molar-refractivity contribution in [3.8, 4) is 0 Å². The minimum Gasteiger partial charge on any atom is -0.463 e. The second-order valence-electron chi connectivity index (χ2n) is 5.19. The van der Waals surface area contributed by atoms with Crippen LogP contribution in [-0.2, 0) is 20.9 Å². The maximum absolute atomic E-state index is 12.6. The lowest BCUT2D eigenvalue weighted by Crippen LogP contribution is -2.41. The molecule has 0 fully saturated rings. The molecule has 146 valence electrons. The molecule has 0 saturated heterocycles. The van der Waals surface area contributed by atoms with Crippen LogP contribution in [0.1, 0.15) is 12.5 Å². The van der Waals surface area contributed by atoms with Crippen LogP contribution in [0.4, 0.5) is 13.2 Å². The molecule has 2 aromatic heterocycles. The van der Waals surface area contributed by atoms with E-state index in [4.69, 9.17) is 4.74 Å². The summed E-state index contributed by atoms with van der Waals surface area (Å²) in [5, 5.41) is 5.31. The number of thiazole rings is 1. The Kier molecular flexibility index (Phi) is 6.97. The van der Waals surface area contributed by atoms with Crippen LogP contribution in [0.2, 0.25) is 0 Å². The number of rotatable bonds is 6. The van der Waals surface area contributed by atoms with Gasteiger partial charge < -0.3 is 10.1 Å². The van der Waals surface area contributed by atoms with Gasteiger partial charge in [0.1, 0.15) is 17.8 Å². The Morgan fingerprint density at radius 3 is 2.70 bits per heavy atom. The van der Waals surface area contributed by atoms with Crippen molar-refractivity contribution in [2.75, 3.05) is 13.2 Å². The summed E-state index contributed by atoms with van der Waals surface area (Å²) in [5.74, 6) is -1.71. The zero-order chi connectivity index (χ0) is 20.0. The highest BCUT2D eigenvalue weighted by atomic mass is 32.1. The van der Waals surface area contributed by atoms with Crippen molar-refractivity contribution >= 4 is 46.7 Å². The average Bonchev–Trinajstić information content (AvgIpc) is 3.17. The molecule has 2 aromatic rings. The zero-order valence-corrected chi connectivity index (χ0v) is 15.7. The van der Waals surface area contributed by atoms with E-state index >= 15 is 0 Å². The summed E-state index contributed by atoms with van der Waals surface area (Å²) in [6.07, 6.45) is -1.94. The number of aromatic nitrogens is 1. The summed E-state index contributed by atoms with van der Waals surface area (Å²) in [5.41, 5.74) is 0.179. The molecule has 1 N–H and O–H groups in total. The fraction of sp³-hybridized carbons (Fsp3) is 0.312. The molecule has 0 unspecified atom stereocenters. The smallest absolute Gasteiger partial charge is 0.405 e. The number of amides is 1. The van der Waals surface area contributed by atoms with Crippen molar-refractivity contribution in [1.82, 2.24) is 9.88 Å². The number of hydrogen-bond donors (Lipinski definition) is 1. The molecule has 2 rings (SSSR count). The van der Waals surface area contributed by atoms with E-state index in [-0.39, 0.29) is 15.8 Å². The van der Waals surface area contributed by atoms with Crippen LogP contribution in [-0.4, -0.2) is 35.8 Å². The first kappa shape index (κ1) is 20.9. The third-order valence-electron chi connectivity index (χ3n) is 3.09. The Morgan fingerprint density at radius 2 is 2.11 bits per heavy atom. The average molecular weight is 420 g/mol. The first-order valence-electron chi connectivity index (χ1n) is 7.65. The van der Waals surface area contributed by atoms with Gasteiger partial charge >= 0.3 is 12.1 Å². The van der Waals surface area contributed by atoms with Crippen LogP contribution in [0.25, 0.3) is 12.2 Å². The lowest BCUT2D eigenvalue weighted by Gasteiger charge is -2.08. The van der Waals surface area contributed by atoms with Crippen molar-refractivity contribution in [2.24, 2.45) is 0 Å². The molecule has 0 aromatic carbocycles. The van der Waals surface area contributed by atoms with E-state index in [0.717, 1.165) is 27.5 Å². The highest BCUT2D eigenvalue weighted by Crippen LogP contribution is 2.12. The van der Waals surface area contributed by atoms with Crippen molar-refractivity contribution in [3.63, 3.8) is 0 Å². The molecule has 0 aliphatic rings. The molecule has 11 heteroatoms. The van der Waals surface area contributed by atoms with Gasteiger partial charge in [0.15, 0.2) is 0 Å². The first-order valence-corrected chi connectivity index (χ1v) is 9.41. The molecule has 2 heterocycles. The Balaban J connectivity index is 2.41. The van der Waals surface area contributed by atoms with Crippen LogP contribution in [0.15, 0.2) is 21.6 Å². The first-order chi connectivity index (χ1) is 12.7. The van der Waals surface area contributed by atoms with E-state index in [9.17, 15) is 27.6 Å². The molecule has 0 aliphatic carbocycles. The molecule has 0 spiro atoms. The number of carbonyl (C=O) groups is 2. The quantitative estimate of drug-likeness (QED) is 0.702. The molecular formula is C16H15F3N2O4S2. The largest absolute Gasteiger partial charge is 0.463 e. The topological polar surface area (TPSA) is 77.4 Å². The highest BCUT2D eigenvalue weighted by molar-refractivity contribution is 7.08. The minimum atomic E-state index is -4.56. The number of thiophene rings is 1. The normalized spacial score (nSPS) is 13.0. The molecule has 0 saturated carbocycles. The van der Waals surface area contributed by atoms with Gasteiger partial charge in [-0.1, -0.05) is 0 Å². The number of nitrogens with one attached hydrogen (secondary N) is 1. The predicted molar refractivity (Wildman–Crippen MR) is 95.9 cm³/mol. The maximum Gasteiger partial charge on any atom is 0.405 e. The van der Waals surface area contributed by atoms with E-state index in [1.54, 1.807) is 29.8 Å². The number of hydrogen-bond acceptors (Lipinski definition) is 6. The van der Waals surface area contributed by atoms with Crippen molar-refractivity contribution in [2.45, 2.75) is 19.6 Å². The standard InChI is InChI=1S/C16H15F3N2O4S2/c1-2-25-14(23)6-13-21(7-12(22)20-9-16(17,18)19)15(24)11(27-13)5-10-3-4-26-8-10/h3-6,8H,2,7,9H2,1H3,(H,20,22)/b11-5+,13-6-. The van der Waals surface area contributed by atoms with Crippen LogP contribution in [0.3, 0.4) is 0 Å². The van der Waals surface area contributed by atoms with Gasteiger partial charge in [-0.15, -0.1) is 11.3 Å². The van der Waals surface area contributed by atoms with Gasteiger partial charge in [0.25, 0.3) is 5.56 Å². The number of carbonyl (C=O) groups excluding carboxylic acids is 2. The van der Waals surface area contributed by atoms with Crippen molar-refractivity contribution in [1.29, 1.82) is 0 Å². The third kappa shape index (κ3) is 6.36. The predicted octanol–water partition coefficient (Wildman–Crippen LogP) is 0.822. The van der Waals surface area contributed by atoms with Gasteiger partial charge in [0, 0.05) is 0 Å². The Bertz CT molecular complexity index is 975. The lowest BCUT2D eigenvalue weighted by molar-refractivity contribution is -0.138. The van der Waals surface area contributed by atoms with E-state index < -0.39 is 36.7 Å². The maximum atomic E-state index is 12.6. The molecule has 1 amide bonds. The molecule has 27 heavy (non-hydrogen) atoms. The molecule has 0 bridgehead atoms. The highest BCUT2D eigenvalue weighted by Gasteiger charge is 2.27. The van der Waals surface area contributed by atoms with Gasteiger partial charge in [-0.05, 0) is 35.4 Å². The van der Waals surface area contributed by atoms with Crippen LogP contribution >= 0.6 is 22.7 Å². The summed E-state index contributed by atoms with van der Waals surface area (Å²) in [7, 11) is 0.